The molecule has 134 valence electrons. The summed E-state index contributed by atoms with van der Waals surface area (Å²) in [6.07, 6.45) is 4.01. The van der Waals surface area contributed by atoms with E-state index in [4.69, 9.17) is 4.74 Å². The van der Waals surface area contributed by atoms with Crippen LogP contribution in [0.4, 0.5) is 0 Å². The van der Waals surface area contributed by atoms with Crippen molar-refractivity contribution in [3.63, 3.8) is 0 Å². The normalized spacial score (nSPS) is 26.2. The van der Waals surface area contributed by atoms with Crippen molar-refractivity contribution in [2.75, 3.05) is 19.7 Å². The molecule has 2 aromatic rings. The van der Waals surface area contributed by atoms with Crippen molar-refractivity contribution < 1.29 is 4.74 Å². The van der Waals surface area contributed by atoms with Gasteiger partial charge in [0.1, 0.15) is 0 Å². The Morgan fingerprint density at radius 2 is 2.28 bits per heavy atom. The lowest BCUT2D eigenvalue weighted by atomic mass is 9.81. The summed E-state index contributed by atoms with van der Waals surface area (Å²) in [5.41, 5.74) is 5.61. The van der Waals surface area contributed by atoms with E-state index in [1.54, 1.807) is 11.3 Å². The number of ether oxygens (including phenoxy) is 1. The number of aromatic nitrogens is 2. The standard InChI is InChI=1S/C20H27N3OS/c1-15-5-3-7-18(22-15)11-24-13-20-8-4-6-17(20)9-23(12-20)10-19-16(2)21-14-25-19/h3,5,7,14,17H,4,6,8-13H2,1-2H3/t17-,20+/m0/s1. The highest BCUT2D eigenvalue weighted by Crippen LogP contribution is 2.49. The molecule has 0 aromatic carbocycles. The van der Waals surface area contributed by atoms with Gasteiger partial charge in [-0.3, -0.25) is 9.88 Å². The first-order valence-electron chi connectivity index (χ1n) is 9.26. The Kier molecular flexibility index (Phi) is 4.89. The Balaban J connectivity index is 1.37. The molecule has 5 heteroatoms. The average molecular weight is 358 g/mol. The van der Waals surface area contributed by atoms with Crippen LogP contribution in [0.25, 0.3) is 0 Å². The second kappa shape index (κ2) is 7.14. The van der Waals surface area contributed by atoms with E-state index in [0.29, 0.717) is 12.0 Å². The maximum Gasteiger partial charge on any atom is 0.0888 e. The Morgan fingerprint density at radius 1 is 1.36 bits per heavy atom. The van der Waals surface area contributed by atoms with E-state index in [2.05, 4.69) is 33.9 Å². The highest BCUT2D eigenvalue weighted by atomic mass is 32.1. The zero-order valence-electron chi connectivity index (χ0n) is 15.2. The zero-order valence-corrected chi connectivity index (χ0v) is 16.0. The lowest BCUT2D eigenvalue weighted by molar-refractivity contribution is 0.0252. The van der Waals surface area contributed by atoms with Crippen LogP contribution in [0.2, 0.25) is 0 Å². The number of hydrogen-bond acceptors (Lipinski definition) is 5. The summed E-state index contributed by atoms with van der Waals surface area (Å²) >= 11 is 1.79. The zero-order chi connectivity index (χ0) is 17.3. The molecule has 2 fully saturated rings. The topological polar surface area (TPSA) is 38.2 Å². The first-order valence-corrected chi connectivity index (χ1v) is 10.1. The number of thiazole rings is 1. The molecule has 1 saturated heterocycles. The highest BCUT2D eigenvalue weighted by molar-refractivity contribution is 7.09. The number of fused-ring (bicyclic) bond motifs is 1. The molecule has 4 nitrogen and oxygen atoms in total. The summed E-state index contributed by atoms with van der Waals surface area (Å²) in [6, 6.07) is 6.15. The number of hydrogen-bond donors (Lipinski definition) is 0. The van der Waals surface area contributed by atoms with Crippen molar-refractivity contribution in [2.45, 2.75) is 46.3 Å². The molecule has 2 atom stereocenters. The van der Waals surface area contributed by atoms with Crippen molar-refractivity contribution in [2.24, 2.45) is 11.3 Å². The Labute approximate surface area is 154 Å². The molecule has 2 aromatic heterocycles. The summed E-state index contributed by atoms with van der Waals surface area (Å²) in [5.74, 6) is 0.784. The van der Waals surface area contributed by atoms with Gasteiger partial charge in [0.2, 0.25) is 0 Å². The molecule has 3 heterocycles. The molecule has 0 unspecified atom stereocenters. The van der Waals surface area contributed by atoms with Crippen molar-refractivity contribution in [1.82, 2.24) is 14.9 Å². The highest BCUT2D eigenvalue weighted by Gasteiger charge is 2.49. The van der Waals surface area contributed by atoms with E-state index < -0.39 is 0 Å². The van der Waals surface area contributed by atoms with Crippen LogP contribution in [0.1, 0.15) is 41.2 Å². The van der Waals surface area contributed by atoms with E-state index in [9.17, 15) is 0 Å². The fourth-order valence-electron chi connectivity index (χ4n) is 4.60. The van der Waals surface area contributed by atoms with Crippen LogP contribution in [-0.2, 0) is 17.9 Å². The smallest absolute Gasteiger partial charge is 0.0888 e. The van der Waals surface area contributed by atoms with Crippen LogP contribution < -0.4 is 0 Å². The summed E-state index contributed by atoms with van der Waals surface area (Å²) in [7, 11) is 0. The largest absolute Gasteiger partial charge is 0.375 e. The van der Waals surface area contributed by atoms with Crippen LogP contribution >= 0.6 is 11.3 Å². The molecular formula is C20H27N3OS. The number of nitrogens with zero attached hydrogens (tertiary/aromatic N) is 3. The molecule has 0 N–H and O–H groups in total. The fraction of sp³-hybridized carbons (Fsp3) is 0.600. The van der Waals surface area contributed by atoms with E-state index in [0.717, 1.165) is 37.0 Å². The van der Waals surface area contributed by atoms with E-state index in [1.807, 2.05) is 18.5 Å². The second-order valence-corrected chi connectivity index (χ2v) is 8.68. The summed E-state index contributed by atoms with van der Waals surface area (Å²) in [6.45, 7) is 9.07. The Bertz CT molecular complexity index is 731. The number of rotatable bonds is 6. The van der Waals surface area contributed by atoms with Gasteiger partial charge in [0, 0.05) is 35.6 Å². The third-order valence-electron chi connectivity index (χ3n) is 5.91. The molecule has 0 bridgehead atoms. The molecule has 25 heavy (non-hydrogen) atoms. The summed E-state index contributed by atoms with van der Waals surface area (Å²) in [5, 5.41) is 0. The average Bonchev–Trinajstić information content (AvgIpc) is 3.23. The van der Waals surface area contributed by atoms with Crippen molar-refractivity contribution >= 4 is 11.3 Å². The number of aryl methyl sites for hydroxylation is 2. The molecule has 0 amide bonds. The van der Waals surface area contributed by atoms with Gasteiger partial charge in [-0.05, 0) is 44.7 Å². The van der Waals surface area contributed by atoms with Crippen molar-refractivity contribution in [1.29, 1.82) is 0 Å². The minimum absolute atomic E-state index is 0.350. The first-order chi connectivity index (χ1) is 12.1. The fourth-order valence-corrected chi connectivity index (χ4v) is 5.42. The van der Waals surface area contributed by atoms with Gasteiger partial charge in [-0.2, -0.15) is 0 Å². The van der Waals surface area contributed by atoms with Crippen LogP contribution in [-0.4, -0.2) is 34.6 Å². The van der Waals surface area contributed by atoms with Gasteiger partial charge >= 0.3 is 0 Å². The third-order valence-corrected chi connectivity index (χ3v) is 6.83. The molecule has 0 spiro atoms. The molecule has 0 radical (unpaired) electrons. The van der Waals surface area contributed by atoms with Crippen LogP contribution in [0.5, 0.6) is 0 Å². The van der Waals surface area contributed by atoms with Crippen LogP contribution in [0.3, 0.4) is 0 Å². The third kappa shape index (κ3) is 3.64. The molecule has 2 aliphatic rings. The molecular weight excluding hydrogens is 330 g/mol. The molecule has 1 aliphatic carbocycles. The molecule has 1 aliphatic heterocycles. The minimum atomic E-state index is 0.350. The lowest BCUT2D eigenvalue weighted by Crippen LogP contribution is -2.32. The van der Waals surface area contributed by atoms with Gasteiger partial charge in [-0.15, -0.1) is 11.3 Å². The quantitative estimate of drug-likeness (QED) is 0.784. The Morgan fingerprint density at radius 3 is 3.08 bits per heavy atom. The van der Waals surface area contributed by atoms with Crippen LogP contribution in [0.15, 0.2) is 23.7 Å². The van der Waals surface area contributed by atoms with Crippen LogP contribution in [0, 0.1) is 25.2 Å². The summed E-state index contributed by atoms with van der Waals surface area (Å²) in [4.78, 5) is 13.0. The SMILES string of the molecule is Cc1cccc(COC[C@]23CCC[C@H]2CN(Cc2scnc2C)C3)n1. The number of pyridine rings is 1. The maximum atomic E-state index is 6.17. The van der Waals surface area contributed by atoms with Gasteiger partial charge in [0.25, 0.3) is 0 Å². The Hall–Kier alpha value is -1.30. The predicted octanol–water partition coefficient (Wildman–Crippen LogP) is 3.97. The maximum absolute atomic E-state index is 6.17. The van der Waals surface area contributed by atoms with Gasteiger partial charge in [0.05, 0.1) is 30.1 Å². The molecule has 4 rings (SSSR count). The van der Waals surface area contributed by atoms with Gasteiger partial charge in [-0.1, -0.05) is 12.5 Å². The monoisotopic (exact) mass is 357 g/mol. The number of likely N-dealkylation sites (tertiary alicyclic amines) is 1. The van der Waals surface area contributed by atoms with E-state index >= 15 is 0 Å². The first kappa shape index (κ1) is 17.1. The van der Waals surface area contributed by atoms with Gasteiger partial charge in [-0.25, -0.2) is 4.98 Å². The van der Waals surface area contributed by atoms with E-state index in [1.165, 1.54) is 36.4 Å². The van der Waals surface area contributed by atoms with Crippen molar-refractivity contribution in [3.05, 3.63) is 45.7 Å². The van der Waals surface area contributed by atoms with E-state index in [-0.39, 0.29) is 0 Å². The van der Waals surface area contributed by atoms with Gasteiger partial charge in [0.15, 0.2) is 0 Å². The second-order valence-electron chi connectivity index (χ2n) is 7.75. The summed E-state index contributed by atoms with van der Waals surface area (Å²) < 4.78 is 6.17. The minimum Gasteiger partial charge on any atom is -0.375 e. The predicted molar refractivity (Wildman–Crippen MR) is 101 cm³/mol. The van der Waals surface area contributed by atoms with Crippen molar-refractivity contribution in [3.8, 4) is 0 Å². The molecule has 1 saturated carbocycles. The lowest BCUT2D eigenvalue weighted by Gasteiger charge is -2.28. The van der Waals surface area contributed by atoms with Gasteiger partial charge < -0.3 is 4.74 Å².